The Balaban J connectivity index is 2.39. The first kappa shape index (κ1) is 12.7. The van der Waals surface area contributed by atoms with Crippen LogP contribution in [-0.2, 0) is 0 Å². The van der Waals surface area contributed by atoms with Gasteiger partial charge in [0, 0.05) is 6.07 Å². The Morgan fingerprint density at radius 1 is 1.28 bits per heavy atom. The molecule has 0 saturated heterocycles. The molecule has 0 bridgehead atoms. The van der Waals surface area contributed by atoms with Crippen molar-refractivity contribution in [2.45, 2.75) is 6.92 Å². The Hall–Kier alpha value is -1.72. The van der Waals surface area contributed by atoms with Crippen LogP contribution in [0.1, 0.15) is 5.82 Å². The van der Waals surface area contributed by atoms with Crippen molar-refractivity contribution in [2.24, 2.45) is 0 Å². The van der Waals surface area contributed by atoms with Crippen LogP contribution < -0.4 is 16.0 Å². The maximum absolute atomic E-state index is 11.3. The highest BCUT2D eigenvalue weighted by Gasteiger charge is 2.08. The number of nitrogens with two attached hydrogens (primary N) is 1. The average Bonchev–Trinajstić information content (AvgIpc) is 2.24. The molecule has 0 amide bonds. The van der Waals surface area contributed by atoms with E-state index in [0.29, 0.717) is 27.3 Å². The molecule has 0 aliphatic rings. The minimum absolute atomic E-state index is 0.140. The molecule has 0 saturated carbocycles. The topological polar surface area (TPSA) is 81.0 Å². The summed E-state index contributed by atoms with van der Waals surface area (Å²) in [6.07, 6.45) is 0. The summed E-state index contributed by atoms with van der Waals surface area (Å²) in [5.41, 5.74) is 5.73. The second-order valence-corrected chi connectivity index (χ2v) is 4.39. The lowest BCUT2D eigenvalue weighted by atomic mass is 10.3. The van der Waals surface area contributed by atoms with Gasteiger partial charge in [0.05, 0.1) is 21.8 Å². The number of hydrogen-bond acceptors (Lipinski definition) is 4. The standard InChI is InChI=1S/C11H9Cl2N3O2/c1-5-15-10(17)4-11(16-5)18-9-3-7(13)6(12)2-8(9)14/h2-4H,14H2,1H3,(H,15,16,17). The van der Waals surface area contributed by atoms with Gasteiger partial charge in [0.1, 0.15) is 5.82 Å². The monoisotopic (exact) mass is 285 g/mol. The van der Waals surface area contributed by atoms with E-state index in [0.717, 1.165) is 0 Å². The number of rotatable bonds is 2. The Kier molecular flexibility index (Phi) is 3.45. The summed E-state index contributed by atoms with van der Waals surface area (Å²) < 4.78 is 5.41. The molecule has 18 heavy (non-hydrogen) atoms. The summed E-state index contributed by atoms with van der Waals surface area (Å²) in [6.45, 7) is 1.65. The average molecular weight is 286 g/mol. The molecule has 0 aliphatic heterocycles. The summed E-state index contributed by atoms with van der Waals surface area (Å²) in [4.78, 5) is 17.8. The molecule has 2 rings (SSSR count). The molecule has 94 valence electrons. The van der Waals surface area contributed by atoms with E-state index in [-0.39, 0.29) is 11.4 Å². The molecule has 0 aliphatic carbocycles. The van der Waals surface area contributed by atoms with Crippen molar-refractivity contribution in [3.05, 3.63) is 44.4 Å². The fraction of sp³-hybridized carbons (Fsp3) is 0.0909. The van der Waals surface area contributed by atoms with E-state index in [9.17, 15) is 4.79 Å². The second-order valence-electron chi connectivity index (χ2n) is 3.58. The number of aromatic amines is 1. The van der Waals surface area contributed by atoms with Crippen LogP contribution in [0.15, 0.2) is 23.0 Å². The van der Waals surface area contributed by atoms with Gasteiger partial charge in [-0.05, 0) is 13.0 Å². The highest BCUT2D eigenvalue weighted by Crippen LogP contribution is 2.34. The Bertz CT molecular complexity index is 655. The van der Waals surface area contributed by atoms with E-state index in [1.54, 1.807) is 6.92 Å². The van der Waals surface area contributed by atoms with Crippen molar-refractivity contribution in [2.75, 3.05) is 5.73 Å². The van der Waals surface area contributed by atoms with Gasteiger partial charge in [0.25, 0.3) is 5.56 Å². The number of hydrogen-bond donors (Lipinski definition) is 2. The molecule has 1 aromatic heterocycles. The van der Waals surface area contributed by atoms with Crippen molar-refractivity contribution in [1.82, 2.24) is 9.97 Å². The highest BCUT2D eigenvalue weighted by atomic mass is 35.5. The van der Waals surface area contributed by atoms with Gasteiger partial charge in [-0.15, -0.1) is 0 Å². The summed E-state index contributed by atoms with van der Waals surface area (Å²) in [6, 6.07) is 4.16. The minimum atomic E-state index is -0.309. The normalized spacial score (nSPS) is 10.4. The number of aryl methyl sites for hydroxylation is 1. The summed E-state index contributed by atoms with van der Waals surface area (Å²) in [5.74, 6) is 0.874. The predicted molar refractivity (Wildman–Crippen MR) is 70.5 cm³/mol. The molecule has 1 heterocycles. The molecule has 3 N–H and O–H groups in total. The van der Waals surface area contributed by atoms with E-state index >= 15 is 0 Å². The van der Waals surface area contributed by atoms with Gasteiger partial charge in [-0.3, -0.25) is 4.79 Å². The zero-order chi connectivity index (χ0) is 13.3. The van der Waals surface area contributed by atoms with E-state index in [4.69, 9.17) is 33.7 Å². The third-order valence-corrected chi connectivity index (χ3v) is 2.83. The van der Waals surface area contributed by atoms with Crippen LogP contribution in [0.25, 0.3) is 0 Å². The largest absolute Gasteiger partial charge is 0.437 e. The van der Waals surface area contributed by atoms with Crippen molar-refractivity contribution in [3.63, 3.8) is 0 Å². The van der Waals surface area contributed by atoms with Gasteiger partial charge in [-0.1, -0.05) is 23.2 Å². The van der Waals surface area contributed by atoms with Gasteiger partial charge in [-0.25, -0.2) is 4.98 Å². The van der Waals surface area contributed by atoms with E-state index in [2.05, 4.69) is 9.97 Å². The van der Waals surface area contributed by atoms with Crippen molar-refractivity contribution < 1.29 is 4.74 Å². The van der Waals surface area contributed by atoms with Crippen molar-refractivity contribution in [1.29, 1.82) is 0 Å². The quantitative estimate of drug-likeness (QED) is 0.832. The molecule has 0 spiro atoms. The SMILES string of the molecule is Cc1nc(Oc2cc(Cl)c(Cl)cc2N)cc(=O)[nH]1. The molecule has 0 atom stereocenters. The first-order valence-corrected chi connectivity index (χ1v) is 5.71. The maximum Gasteiger partial charge on any atom is 0.254 e. The number of ether oxygens (including phenoxy) is 1. The summed E-state index contributed by atoms with van der Waals surface area (Å²) in [5, 5.41) is 0.638. The summed E-state index contributed by atoms with van der Waals surface area (Å²) in [7, 11) is 0. The molecule has 5 nitrogen and oxygen atoms in total. The number of nitrogens with zero attached hydrogens (tertiary/aromatic N) is 1. The highest BCUT2D eigenvalue weighted by molar-refractivity contribution is 6.42. The Morgan fingerprint density at radius 2 is 1.94 bits per heavy atom. The summed E-state index contributed by atoms with van der Waals surface area (Å²) >= 11 is 11.7. The predicted octanol–water partition coefficient (Wildman–Crippen LogP) is 2.76. The van der Waals surface area contributed by atoms with Crippen LogP contribution in [0, 0.1) is 6.92 Å². The number of anilines is 1. The number of halogens is 2. The van der Waals surface area contributed by atoms with Gasteiger partial charge in [0.15, 0.2) is 5.75 Å². The fourth-order valence-corrected chi connectivity index (χ4v) is 1.68. The van der Waals surface area contributed by atoms with Crippen LogP contribution in [0.5, 0.6) is 11.6 Å². The molecule has 0 radical (unpaired) electrons. The zero-order valence-electron chi connectivity index (χ0n) is 9.33. The third-order valence-electron chi connectivity index (χ3n) is 2.10. The molecule has 0 unspecified atom stereocenters. The molecule has 2 aromatic rings. The van der Waals surface area contributed by atoms with Gasteiger partial charge in [0.2, 0.25) is 5.88 Å². The lowest BCUT2D eigenvalue weighted by molar-refractivity contribution is 0.461. The lowest BCUT2D eigenvalue weighted by Crippen LogP contribution is -2.08. The van der Waals surface area contributed by atoms with Gasteiger partial charge >= 0.3 is 0 Å². The Morgan fingerprint density at radius 3 is 2.61 bits per heavy atom. The van der Waals surface area contributed by atoms with Crippen molar-refractivity contribution in [3.8, 4) is 11.6 Å². The first-order chi connectivity index (χ1) is 8.45. The number of aromatic nitrogens is 2. The number of benzene rings is 1. The molecule has 1 aromatic carbocycles. The second kappa shape index (κ2) is 4.88. The third kappa shape index (κ3) is 2.75. The van der Waals surface area contributed by atoms with Crippen molar-refractivity contribution >= 4 is 28.9 Å². The smallest absolute Gasteiger partial charge is 0.254 e. The van der Waals surface area contributed by atoms with Gasteiger partial charge in [-0.2, -0.15) is 0 Å². The first-order valence-electron chi connectivity index (χ1n) is 4.96. The molecule has 0 fully saturated rings. The van der Waals surface area contributed by atoms with Crippen LogP contribution in [0.2, 0.25) is 10.0 Å². The number of H-pyrrole nitrogens is 1. The Labute approximate surface area is 113 Å². The van der Waals surface area contributed by atoms with E-state index in [1.165, 1.54) is 18.2 Å². The zero-order valence-corrected chi connectivity index (χ0v) is 10.8. The van der Waals surface area contributed by atoms with E-state index in [1.807, 2.05) is 0 Å². The molecular formula is C11H9Cl2N3O2. The number of nitrogen functional groups attached to an aromatic ring is 1. The number of nitrogens with one attached hydrogen (secondary N) is 1. The van der Waals surface area contributed by atoms with Crippen LogP contribution in [0.3, 0.4) is 0 Å². The van der Waals surface area contributed by atoms with Gasteiger partial charge < -0.3 is 15.5 Å². The molecule has 7 heteroatoms. The molecular weight excluding hydrogens is 277 g/mol. The van der Waals surface area contributed by atoms with Crippen LogP contribution >= 0.6 is 23.2 Å². The van der Waals surface area contributed by atoms with Crippen LogP contribution in [0.4, 0.5) is 5.69 Å². The maximum atomic E-state index is 11.3. The van der Waals surface area contributed by atoms with Crippen LogP contribution in [-0.4, -0.2) is 9.97 Å². The van der Waals surface area contributed by atoms with E-state index < -0.39 is 0 Å². The minimum Gasteiger partial charge on any atom is -0.437 e. The fourth-order valence-electron chi connectivity index (χ4n) is 1.35. The lowest BCUT2D eigenvalue weighted by Gasteiger charge is -2.09.